The van der Waals surface area contributed by atoms with Crippen molar-refractivity contribution in [2.75, 3.05) is 25.1 Å². The van der Waals surface area contributed by atoms with Crippen molar-refractivity contribution in [3.05, 3.63) is 78.4 Å². The van der Waals surface area contributed by atoms with Crippen molar-refractivity contribution in [1.29, 1.82) is 0 Å². The molecule has 3 aromatic carbocycles. The average Bonchev–Trinajstić information content (AvgIpc) is 2.80. The first-order chi connectivity index (χ1) is 15.1. The zero-order valence-corrected chi connectivity index (χ0v) is 18.4. The van der Waals surface area contributed by atoms with Crippen molar-refractivity contribution < 1.29 is 14.3 Å². The molecule has 0 saturated heterocycles. The molecule has 0 radical (unpaired) electrons. The first-order valence-corrected chi connectivity index (χ1v) is 10.7. The summed E-state index contributed by atoms with van der Waals surface area (Å²) >= 11 is 0. The van der Waals surface area contributed by atoms with E-state index in [4.69, 9.17) is 9.47 Å². The first-order valence-electron chi connectivity index (χ1n) is 10.7. The molecule has 0 aliphatic carbocycles. The van der Waals surface area contributed by atoms with Crippen molar-refractivity contribution in [2.24, 2.45) is 0 Å². The highest BCUT2D eigenvalue weighted by Gasteiger charge is 2.13. The topological polar surface area (TPSA) is 59.6 Å². The fraction of sp³-hybridized carbons (Fsp3) is 0.269. The van der Waals surface area contributed by atoms with Crippen LogP contribution in [0, 0.1) is 0 Å². The Kier molecular flexibility index (Phi) is 8.07. The second kappa shape index (κ2) is 11.2. The molecule has 0 spiro atoms. The van der Waals surface area contributed by atoms with Crippen LogP contribution in [-0.4, -0.2) is 25.7 Å². The van der Waals surface area contributed by atoms with Gasteiger partial charge in [0.15, 0.2) is 11.5 Å². The third kappa shape index (κ3) is 6.09. The lowest BCUT2D eigenvalue weighted by molar-refractivity contribution is -0.115. The number of hydrogen-bond acceptors (Lipinski definition) is 4. The van der Waals surface area contributed by atoms with Crippen LogP contribution in [-0.2, 0) is 4.79 Å². The Morgan fingerprint density at radius 2 is 1.55 bits per heavy atom. The highest BCUT2D eigenvalue weighted by atomic mass is 16.5. The number of nitrogens with one attached hydrogen (secondary N) is 2. The third-order valence-corrected chi connectivity index (χ3v) is 4.92. The molecule has 0 aliphatic rings. The van der Waals surface area contributed by atoms with Crippen molar-refractivity contribution in [3.8, 4) is 22.6 Å². The van der Waals surface area contributed by atoms with Crippen molar-refractivity contribution >= 4 is 11.6 Å². The van der Waals surface area contributed by atoms with E-state index >= 15 is 0 Å². The summed E-state index contributed by atoms with van der Waals surface area (Å²) in [5.74, 6) is 1.36. The van der Waals surface area contributed by atoms with E-state index in [-0.39, 0.29) is 18.5 Å². The number of ether oxygens (including phenoxy) is 2. The van der Waals surface area contributed by atoms with Gasteiger partial charge in [-0.2, -0.15) is 0 Å². The summed E-state index contributed by atoms with van der Waals surface area (Å²) < 4.78 is 11.3. The van der Waals surface area contributed by atoms with Crippen LogP contribution in [0.3, 0.4) is 0 Å². The Bertz CT molecular complexity index is 989. The molecule has 1 atom stereocenters. The summed E-state index contributed by atoms with van der Waals surface area (Å²) in [5, 5.41) is 6.32. The van der Waals surface area contributed by atoms with Crippen LogP contribution in [0.1, 0.15) is 32.4 Å². The molecule has 5 heteroatoms. The van der Waals surface area contributed by atoms with Crippen LogP contribution in [0.5, 0.6) is 11.5 Å². The van der Waals surface area contributed by atoms with Gasteiger partial charge < -0.3 is 20.1 Å². The summed E-state index contributed by atoms with van der Waals surface area (Å²) in [6.07, 6.45) is 0. The number of anilines is 1. The van der Waals surface area contributed by atoms with E-state index in [0.717, 1.165) is 33.9 Å². The maximum Gasteiger partial charge on any atom is 0.238 e. The molecule has 31 heavy (non-hydrogen) atoms. The smallest absolute Gasteiger partial charge is 0.238 e. The van der Waals surface area contributed by atoms with Crippen LogP contribution in [0.4, 0.5) is 5.69 Å². The van der Waals surface area contributed by atoms with E-state index in [1.165, 1.54) is 0 Å². The molecule has 0 heterocycles. The summed E-state index contributed by atoms with van der Waals surface area (Å²) in [7, 11) is 0. The Labute approximate surface area is 184 Å². The lowest BCUT2D eigenvalue weighted by atomic mass is 10.0. The summed E-state index contributed by atoms with van der Waals surface area (Å²) in [6.45, 7) is 7.26. The van der Waals surface area contributed by atoms with Crippen LogP contribution in [0.15, 0.2) is 72.8 Å². The molecule has 0 aromatic heterocycles. The van der Waals surface area contributed by atoms with Crippen LogP contribution in [0.2, 0.25) is 0 Å². The van der Waals surface area contributed by atoms with E-state index in [1.54, 1.807) is 0 Å². The molecule has 2 N–H and O–H groups in total. The van der Waals surface area contributed by atoms with E-state index in [2.05, 4.69) is 10.6 Å². The minimum atomic E-state index is -0.0915. The molecule has 3 aromatic rings. The van der Waals surface area contributed by atoms with E-state index in [9.17, 15) is 4.79 Å². The Balaban J connectivity index is 1.63. The zero-order valence-electron chi connectivity index (χ0n) is 18.4. The minimum Gasteiger partial charge on any atom is -0.490 e. The van der Waals surface area contributed by atoms with Gasteiger partial charge in [-0.05, 0) is 50.1 Å². The summed E-state index contributed by atoms with van der Waals surface area (Å²) in [4.78, 5) is 12.6. The van der Waals surface area contributed by atoms with Gasteiger partial charge in [-0.1, -0.05) is 54.6 Å². The van der Waals surface area contributed by atoms with Gasteiger partial charge in [-0.3, -0.25) is 4.79 Å². The van der Waals surface area contributed by atoms with E-state index in [1.807, 2.05) is 93.6 Å². The van der Waals surface area contributed by atoms with Crippen LogP contribution < -0.4 is 20.1 Å². The van der Waals surface area contributed by atoms with E-state index in [0.29, 0.717) is 13.2 Å². The first kappa shape index (κ1) is 22.4. The number of hydrogen-bond donors (Lipinski definition) is 2. The molecule has 0 bridgehead atoms. The number of rotatable bonds is 10. The predicted molar refractivity (Wildman–Crippen MR) is 126 cm³/mol. The number of para-hydroxylation sites is 1. The Hall–Kier alpha value is -3.31. The maximum atomic E-state index is 12.6. The zero-order chi connectivity index (χ0) is 22.1. The normalized spacial score (nSPS) is 11.6. The average molecular weight is 419 g/mol. The number of carbonyl (C=O) groups excluding carboxylic acids is 1. The number of amides is 1. The van der Waals surface area contributed by atoms with Crippen molar-refractivity contribution in [2.45, 2.75) is 26.8 Å². The standard InChI is InChI=1S/C26H30N2O3/c1-4-30-24-16-15-21(17-25(24)31-5-2)19(3)27-18-26(29)28-23-14-10-9-13-22(23)20-11-7-6-8-12-20/h6-17,19,27H,4-5,18H2,1-3H3,(H,28,29)/t19-/m0/s1. The van der Waals surface area contributed by atoms with Crippen molar-refractivity contribution in [1.82, 2.24) is 5.32 Å². The van der Waals surface area contributed by atoms with Gasteiger partial charge >= 0.3 is 0 Å². The second-order valence-corrected chi connectivity index (χ2v) is 7.13. The SMILES string of the molecule is CCOc1ccc([C@H](C)NCC(=O)Nc2ccccc2-c2ccccc2)cc1OCC. The molecule has 0 aliphatic heterocycles. The van der Waals surface area contributed by atoms with E-state index < -0.39 is 0 Å². The highest BCUT2D eigenvalue weighted by molar-refractivity contribution is 5.96. The monoisotopic (exact) mass is 418 g/mol. The minimum absolute atomic E-state index is 0.0231. The van der Waals surface area contributed by atoms with Gasteiger partial charge in [0, 0.05) is 17.3 Å². The lowest BCUT2D eigenvalue weighted by Crippen LogP contribution is -2.30. The number of benzene rings is 3. The van der Waals surface area contributed by atoms with Gasteiger partial charge in [0.25, 0.3) is 0 Å². The highest BCUT2D eigenvalue weighted by Crippen LogP contribution is 2.31. The third-order valence-electron chi connectivity index (χ3n) is 4.92. The lowest BCUT2D eigenvalue weighted by Gasteiger charge is -2.18. The largest absolute Gasteiger partial charge is 0.490 e. The molecule has 1 amide bonds. The molecule has 162 valence electrons. The fourth-order valence-electron chi connectivity index (χ4n) is 3.36. The predicted octanol–water partition coefficient (Wildman–Crippen LogP) is 5.44. The molecular weight excluding hydrogens is 388 g/mol. The van der Waals surface area contributed by atoms with Gasteiger partial charge in [0.2, 0.25) is 5.91 Å². The Morgan fingerprint density at radius 3 is 2.29 bits per heavy atom. The van der Waals surface area contributed by atoms with Gasteiger partial charge in [0.1, 0.15) is 0 Å². The second-order valence-electron chi connectivity index (χ2n) is 7.13. The molecule has 0 saturated carbocycles. The maximum absolute atomic E-state index is 12.6. The van der Waals surface area contributed by atoms with Crippen LogP contribution in [0.25, 0.3) is 11.1 Å². The quantitative estimate of drug-likeness (QED) is 0.460. The Morgan fingerprint density at radius 1 is 0.871 bits per heavy atom. The summed E-state index contributed by atoms with van der Waals surface area (Å²) in [5.41, 5.74) is 3.90. The molecule has 0 fully saturated rings. The van der Waals surface area contributed by atoms with Gasteiger partial charge in [-0.15, -0.1) is 0 Å². The van der Waals surface area contributed by atoms with Crippen molar-refractivity contribution in [3.63, 3.8) is 0 Å². The summed E-state index contributed by atoms with van der Waals surface area (Å²) in [6, 6.07) is 23.7. The molecule has 3 rings (SSSR count). The van der Waals surface area contributed by atoms with Crippen LogP contribution >= 0.6 is 0 Å². The van der Waals surface area contributed by atoms with Gasteiger partial charge in [-0.25, -0.2) is 0 Å². The van der Waals surface area contributed by atoms with Gasteiger partial charge in [0.05, 0.1) is 19.8 Å². The number of carbonyl (C=O) groups is 1. The molecular formula is C26H30N2O3. The molecule has 5 nitrogen and oxygen atoms in total. The fourth-order valence-corrected chi connectivity index (χ4v) is 3.36. The molecule has 0 unspecified atom stereocenters.